The van der Waals surface area contributed by atoms with Gasteiger partial charge in [-0.3, -0.25) is 4.90 Å². The summed E-state index contributed by atoms with van der Waals surface area (Å²) < 4.78 is 33.8. The second-order valence-corrected chi connectivity index (χ2v) is 7.48. The number of fused-ring (bicyclic) bond motifs is 3. The lowest BCUT2D eigenvalue weighted by atomic mass is 9.85. The van der Waals surface area contributed by atoms with Crippen LogP contribution in [0.3, 0.4) is 0 Å². The normalized spacial score (nSPS) is 21.7. The Bertz CT molecular complexity index is 1030. The highest BCUT2D eigenvalue weighted by Gasteiger charge is 2.46. The first-order chi connectivity index (χ1) is 14.6. The van der Waals surface area contributed by atoms with E-state index in [9.17, 15) is 4.79 Å². The van der Waals surface area contributed by atoms with Crippen molar-refractivity contribution in [2.75, 3.05) is 41.7 Å². The first-order valence-electron chi connectivity index (χ1n) is 9.74. The van der Waals surface area contributed by atoms with Crippen molar-refractivity contribution in [3.05, 3.63) is 40.5 Å². The predicted octanol–water partition coefficient (Wildman–Crippen LogP) is 2.88. The number of esters is 1. The number of carbonyl (C=O) groups is 1. The Balaban J connectivity index is 1.69. The van der Waals surface area contributed by atoms with Gasteiger partial charge >= 0.3 is 5.97 Å². The summed E-state index contributed by atoms with van der Waals surface area (Å²) >= 11 is 0. The van der Waals surface area contributed by atoms with Gasteiger partial charge in [-0.2, -0.15) is 0 Å². The van der Waals surface area contributed by atoms with Crippen molar-refractivity contribution in [2.24, 2.45) is 0 Å². The van der Waals surface area contributed by atoms with Crippen LogP contribution in [0.1, 0.15) is 39.2 Å². The molecular formula is C22H23NO7. The van der Waals surface area contributed by atoms with Gasteiger partial charge in [0, 0.05) is 17.7 Å². The number of rotatable bonds is 4. The van der Waals surface area contributed by atoms with Crippen molar-refractivity contribution in [1.82, 2.24) is 4.90 Å². The molecular weight excluding hydrogens is 390 g/mol. The molecule has 8 heteroatoms. The minimum atomic E-state index is -0.523. The van der Waals surface area contributed by atoms with Gasteiger partial charge in [0.25, 0.3) is 0 Å². The van der Waals surface area contributed by atoms with Crippen molar-refractivity contribution in [3.8, 4) is 28.7 Å². The number of methoxy groups -OCH3 is 3. The number of benzene rings is 2. The van der Waals surface area contributed by atoms with Crippen LogP contribution in [-0.2, 0) is 11.2 Å². The monoisotopic (exact) mass is 413 g/mol. The highest BCUT2D eigenvalue weighted by molar-refractivity contribution is 5.98. The van der Waals surface area contributed by atoms with Crippen LogP contribution in [0.15, 0.2) is 18.2 Å². The van der Waals surface area contributed by atoms with E-state index in [1.54, 1.807) is 20.3 Å². The molecule has 0 radical (unpaired) electrons. The van der Waals surface area contributed by atoms with E-state index in [2.05, 4.69) is 4.90 Å². The minimum Gasteiger partial charge on any atom is -0.493 e. The average Bonchev–Trinajstić information content (AvgIpc) is 3.35. The van der Waals surface area contributed by atoms with Crippen molar-refractivity contribution < 1.29 is 33.2 Å². The number of nitrogens with zero attached hydrogens (tertiary/aromatic N) is 1. The number of carbonyl (C=O) groups excluding carboxylic acids is 1. The Kier molecular flexibility index (Phi) is 4.39. The molecule has 2 aromatic rings. The Labute approximate surface area is 174 Å². The minimum absolute atomic E-state index is 0.160. The van der Waals surface area contributed by atoms with E-state index >= 15 is 0 Å². The number of ether oxygens (including phenoxy) is 6. The zero-order valence-electron chi connectivity index (χ0n) is 17.3. The Morgan fingerprint density at radius 3 is 2.60 bits per heavy atom. The highest BCUT2D eigenvalue weighted by Crippen LogP contribution is 2.55. The van der Waals surface area contributed by atoms with Crippen LogP contribution >= 0.6 is 0 Å². The lowest BCUT2D eigenvalue weighted by Crippen LogP contribution is -2.36. The van der Waals surface area contributed by atoms with E-state index in [0.29, 0.717) is 34.3 Å². The van der Waals surface area contributed by atoms with Crippen LogP contribution in [0, 0.1) is 0 Å². The summed E-state index contributed by atoms with van der Waals surface area (Å²) in [5.74, 6) is 2.36. The molecule has 0 aromatic heterocycles. The maximum Gasteiger partial charge on any atom is 0.343 e. The molecule has 0 amide bonds. The van der Waals surface area contributed by atoms with Crippen LogP contribution in [0.2, 0.25) is 0 Å². The third kappa shape index (κ3) is 2.53. The summed E-state index contributed by atoms with van der Waals surface area (Å²) in [4.78, 5) is 15.1. The van der Waals surface area contributed by atoms with Gasteiger partial charge in [0.05, 0.1) is 27.4 Å². The third-order valence-corrected chi connectivity index (χ3v) is 6.06. The third-order valence-electron chi connectivity index (χ3n) is 6.06. The van der Waals surface area contributed by atoms with E-state index < -0.39 is 12.1 Å². The van der Waals surface area contributed by atoms with Gasteiger partial charge in [0.15, 0.2) is 23.0 Å². The van der Waals surface area contributed by atoms with Crippen molar-refractivity contribution >= 4 is 5.97 Å². The molecule has 0 unspecified atom stereocenters. The van der Waals surface area contributed by atoms with E-state index in [1.165, 1.54) is 7.11 Å². The zero-order valence-corrected chi connectivity index (χ0v) is 17.3. The molecule has 30 heavy (non-hydrogen) atoms. The largest absolute Gasteiger partial charge is 0.493 e. The van der Waals surface area contributed by atoms with Gasteiger partial charge in [-0.1, -0.05) is 6.07 Å². The Hall–Kier alpha value is -3.13. The van der Waals surface area contributed by atoms with E-state index in [1.807, 2.05) is 19.2 Å². The number of cyclic esters (lactones) is 1. The van der Waals surface area contributed by atoms with Crippen molar-refractivity contribution in [2.45, 2.75) is 18.6 Å². The zero-order chi connectivity index (χ0) is 21.0. The van der Waals surface area contributed by atoms with E-state index in [0.717, 1.165) is 29.7 Å². The summed E-state index contributed by atoms with van der Waals surface area (Å²) in [6.45, 7) is 0.963. The predicted molar refractivity (Wildman–Crippen MR) is 106 cm³/mol. The van der Waals surface area contributed by atoms with Crippen LogP contribution in [0.4, 0.5) is 0 Å². The fourth-order valence-corrected chi connectivity index (χ4v) is 4.71. The molecule has 0 N–H and O–H groups in total. The van der Waals surface area contributed by atoms with Gasteiger partial charge in [-0.25, -0.2) is 4.79 Å². The molecule has 0 saturated heterocycles. The van der Waals surface area contributed by atoms with E-state index in [-0.39, 0.29) is 12.8 Å². The molecule has 0 aliphatic carbocycles. The quantitative estimate of drug-likeness (QED) is 0.709. The average molecular weight is 413 g/mol. The molecule has 3 heterocycles. The molecule has 2 atom stereocenters. The summed E-state index contributed by atoms with van der Waals surface area (Å²) in [6.07, 6.45) is 0.306. The second kappa shape index (κ2) is 6.98. The molecule has 8 nitrogen and oxygen atoms in total. The molecule has 0 saturated carbocycles. The smallest absolute Gasteiger partial charge is 0.343 e. The molecule has 3 aliphatic rings. The van der Waals surface area contributed by atoms with Gasteiger partial charge in [-0.05, 0) is 31.2 Å². The number of likely N-dealkylation sites (N-methyl/N-ethyl adjacent to an activating group) is 1. The molecule has 0 spiro atoms. The fraction of sp³-hybridized carbons (Fsp3) is 0.409. The topological polar surface area (TPSA) is 75.7 Å². The van der Waals surface area contributed by atoms with Crippen LogP contribution in [0.5, 0.6) is 28.7 Å². The molecule has 5 rings (SSSR count). The summed E-state index contributed by atoms with van der Waals surface area (Å²) in [5.41, 5.74) is 3.23. The van der Waals surface area contributed by atoms with Gasteiger partial charge < -0.3 is 28.4 Å². The van der Waals surface area contributed by atoms with Gasteiger partial charge in [0.1, 0.15) is 11.7 Å². The maximum atomic E-state index is 12.9. The Morgan fingerprint density at radius 2 is 1.87 bits per heavy atom. The van der Waals surface area contributed by atoms with Crippen molar-refractivity contribution in [1.29, 1.82) is 0 Å². The Morgan fingerprint density at radius 1 is 1.07 bits per heavy atom. The first kappa shape index (κ1) is 18.9. The van der Waals surface area contributed by atoms with Crippen LogP contribution < -0.4 is 23.7 Å². The summed E-state index contributed by atoms with van der Waals surface area (Å²) in [5, 5.41) is 0. The summed E-state index contributed by atoms with van der Waals surface area (Å²) in [6, 6.07) is 5.43. The SMILES string of the molecule is COc1ccc2c(c1OC)C(=O)O[C@@H]2[C@@H]1c2c(cc3c(c2OC)OCO3)CCN1C. The number of hydrogen-bond acceptors (Lipinski definition) is 8. The summed E-state index contributed by atoms with van der Waals surface area (Å²) in [7, 11) is 6.70. The number of hydrogen-bond donors (Lipinski definition) is 0. The molecule has 0 bridgehead atoms. The second-order valence-electron chi connectivity index (χ2n) is 7.48. The highest BCUT2D eigenvalue weighted by atomic mass is 16.7. The lowest BCUT2D eigenvalue weighted by molar-refractivity contribution is 0.00874. The molecule has 158 valence electrons. The molecule has 3 aliphatic heterocycles. The molecule has 2 aromatic carbocycles. The fourth-order valence-electron chi connectivity index (χ4n) is 4.71. The van der Waals surface area contributed by atoms with Crippen LogP contribution in [0.25, 0.3) is 0 Å². The van der Waals surface area contributed by atoms with E-state index in [4.69, 9.17) is 28.4 Å². The van der Waals surface area contributed by atoms with Gasteiger partial charge in [0.2, 0.25) is 12.5 Å². The first-order valence-corrected chi connectivity index (χ1v) is 9.74. The van der Waals surface area contributed by atoms with Gasteiger partial charge in [-0.15, -0.1) is 0 Å². The molecule has 0 fully saturated rings. The standard InChI is InChI=1S/C22H23NO7/c1-23-8-7-11-9-14-20(29-10-28-14)21(27-4)15(11)17(23)18-12-5-6-13(25-2)19(26-3)16(12)22(24)30-18/h5-6,9,17-18H,7-8,10H2,1-4H3/t17-,18-/m0/s1. The lowest BCUT2D eigenvalue weighted by Gasteiger charge is -2.38. The van der Waals surface area contributed by atoms with Crippen LogP contribution in [-0.4, -0.2) is 52.6 Å². The van der Waals surface area contributed by atoms with Crippen molar-refractivity contribution in [3.63, 3.8) is 0 Å². The maximum absolute atomic E-state index is 12.9.